The summed E-state index contributed by atoms with van der Waals surface area (Å²) >= 11 is 0. The molecule has 0 aliphatic carbocycles. The van der Waals surface area contributed by atoms with Gasteiger partial charge in [-0.25, -0.2) is 4.39 Å². The minimum Gasteiger partial charge on any atom is -0.466 e. The van der Waals surface area contributed by atoms with Crippen molar-refractivity contribution in [3.8, 4) is 0 Å². The lowest BCUT2D eigenvalue weighted by Gasteiger charge is -2.15. The first-order valence-corrected chi connectivity index (χ1v) is 5.54. The molecule has 3 nitrogen and oxygen atoms in total. The first-order valence-electron chi connectivity index (χ1n) is 5.54. The van der Waals surface area contributed by atoms with Crippen molar-refractivity contribution in [2.45, 2.75) is 25.6 Å². The number of halogens is 4. The van der Waals surface area contributed by atoms with Gasteiger partial charge in [-0.1, -0.05) is 12.1 Å². The largest absolute Gasteiger partial charge is 0.466 e. The number of esters is 1. The molecule has 106 valence electrons. The molecule has 2 N–H and O–H groups in total. The number of alkyl halides is 3. The molecule has 7 heteroatoms. The van der Waals surface area contributed by atoms with Gasteiger partial charge in [-0.05, 0) is 13.0 Å². The summed E-state index contributed by atoms with van der Waals surface area (Å²) in [5.74, 6) is -2.14. The zero-order valence-electron chi connectivity index (χ0n) is 10.1. The molecule has 1 rings (SSSR count). The Morgan fingerprint density at radius 3 is 2.58 bits per heavy atom. The van der Waals surface area contributed by atoms with E-state index in [-0.39, 0.29) is 18.6 Å². The summed E-state index contributed by atoms with van der Waals surface area (Å²) in [4.78, 5) is 11.2. The van der Waals surface area contributed by atoms with Crippen LogP contribution in [0.25, 0.3) is 0 Å². The molecule has 0 aromatic heterocycles. The number of hydrogen-bond donors (Lipinski definition) is 1. The molecule has 0 saturated carbocycles. The maximum atomic E-state index is 13.7. The molecule has 0 fully saturated rings. The van der Waals surface area contributed by atoms with Gasteiger partial charge in [0, 0.05) is 11.6 Å². The minimum absolute atomic E-state index is 0.122. The van der Waals surface area contributed by atoms with Crippen molar-refractivity contribution in [3.63, 3.8) is 0 Å². The number of benzene rings is 1. The van der Waals surface area contributed by atoms with Crippen molar-refractivity contribution in [2.75, 3.05) is 6.61 Å². The Kier molecular flexibility index (Phi) is 4.88. The Bertz CT molecular complexity index is 460. The van der Waals surface area contributed by atoms with Crippen LogP contribution in [-0.2, 0) is 15.7 Å². The Hall–Kier alpha value is -1.63. The van der Waals surface area contributed by atoms with Crippen LogP contribution >= 0.6 is 0 Å². The number of ether oxygens (including phenoxy) is 1. The van der Waals surface area contributed by atoms with E-state index in [2.05, 4.69) is 4.74 Å². The van der Waals surface area contributed by atoms with E-state index >= 15 is 0 Å². The van der Waals surface area contributed by atoms with Crippen LogP contribution in [0.15, 0.2) is 18.2 Å². The smallest absolute Gasteiger partial charge is 0.419 e. The fourth-order valence-electron chi connectivity index (χ4n) is 1.56. The molecule has 0 aliphatic heterocycles. The summed E-state index contributed by atoms with van der Waals surface area (Å²) < 4.78 is 55.8. The molecule has 0 radical (unpaired) electrons. The number of hydrogen-bond acceptors (Lipinski definition) is 3. The van der Waals surface area contributed by atoms with Gasteiger partial charge >= 0.3 is 12.1 Å². The molecule has 0 amide bonds. The lowest BCUT2D eigenvalue weighted by Crippen LogP contribution is -2.20. The molecule has 1 atom stereocenters. The SMILES string of the molecule is CCOC(=O)C[C@@H](N)c1cccc(C(F)(F)F)c1F. The van der Waals surface area contributed by atoms with Gasteiger partial charge in [-0.3, -0.25) is 4.79 Å². The maximum Gasteiger partial charge on any atom is 0.419 e. The number of rotatable bonds is 4. The molecule has 1 aromatic carbocycles. The standard InChI is InChI=1S/C12H13F4NO2/c1-2-19-10(18)6-9(17)7-4-3-5-8(11(7)13)12(14,15)16/h3-5,9H,2,6,17H2,1H3/t9-/m1/s1. The molecule has 0 bridgehead atoms. The Morgan fingerprint density at radius 2 is 2.05 bits per heavy atom. The fourth-order valence-corrected chi connectivity index (χ4v) is 1.56. The predicted octanol–water partition coefficient (Wildman–Crippen LogP) is 2.80. The van der Waals surface area contributed by atoms with Crippen molar-refractivity contribution >= 4 is 5.97 Å². The second-order valence-corrected chi connectivity index (χ2v) is 3.82. The van der Waals surface area contributed by atoms with Crippen LogP contribution in [0.3, 0.4) is 0 Å². The van der Waals surface area contributed by atoms with Crippen LogP contribution in [-0.4, -0.2) is 12.6 Å². The predicted molar refractivity (Wildman–Crippen MR) is 59.6 cm³/mol. The van der Waals surface area contributed by atoms with E-state index in [1.165, 1.54) is 0 Å². The van der Waals surface area contributed by atoms with Crippen molar-refractivity contribution in [3.05, 3.63) is 35.1 Å². The van der Waals surface area contributed by atoms with Gasteiger partial charge < -0.3 is 10.5 Å². The van der Waals surface area contributed by atoms with Gasteiger partial charge in [0.1, 0.15) is 5.82 Å². The summed E-state index contributed by atoms with van der Waals surface area (Å²) in [6.07, 6.45) is -5.18. The van der Waals surface area contributed by atoms with E-state index in [0.29, 0.717) is 6.07 Å². The Morgan fingerprint density at radius 1 is 1.42 bits per heavy atom. The maximum absolute atomic E-state index is 13.7. The molecule has 0 aliphatic rings. The highest BCUT2D eigenvalue weighted by Gasteiger charge is 2.35. The van der Waals surface area contributed by atoms with Gasteiger partial charge in [0.2, 0.25) is 0 Å². The highest BCUT2D eigenvalue weighted by atomic mass is 19.4. The third kappa shape index (κ3) is 3.92. The van der Waals surface area contributed by atoms with Crippen molar-refractivity contribution < 1.29 is 27.1 Å². The zero-order chi connectivity index (χ0) is 14.6. The van der Waals surface area contributed by atoms with E-state index in [1.54, 1.807) is 6.92 Å². The van der Waals surface area contributed by atoms with Crippen molar-refractivity contribution in [1.82, 2.24) is 0 Å². The summed E-state index contributed by atoms with van der Waals surface area (Å²) in [5, 5.41) is 0. The second-order valence-electron chi connectivity index (χ2n) is 3.82. The highest BCUT2D eigenvalue weighted by Crippen LogP contribution is 2.33. The van der Waals surface area contributed by atoms with E-state index in [1.807, 2.05) is 0 Å². The average molecular weight is 279 g/mol. The van der Waals surface area contributed by atoms with E-state index < -0.39 is 29.6 Å². The molecular formula is C12H13F4NO2. The third-order valence-corrected chi connectivity index (χ3v) is 2.43. The van der Waals surface area contributed by atoms with E-state index in [0.717, 1.165) is 12.1 Å². The normalized spacial score (nSPS) is 13.2. The highest BCUT2D eigenvalue weighted by molar-refractivity contribution is 5.70. The van der Waals surface area contributed by atoms with Crippen LogP contribution < -0.4 is 5.73 Å². The zero-order valence-corrected chi connectivity index (χ0v) is 10.1. The summed E-state index contributed by atoms with van der Waals surface area (Å²) in [6, 6.07) is 1.61. The van der Waals surface area contributed by atoms with Crippen LogP contribution in [0.4, 0.5) is 17.6 Å². The van der Waals surface area contributed by atoms with Crippen LogP contribution in [0.5, 0.6) is 0 Å². The molecule has 1 aromatic rings. The van der Waals surface area contributed by atoms with E-state index in [9.17, 15) is 22.4 Å². The monoisotopic (exact) mass is 279 g/mol. The Labute approximate surface area is 107 Å². The first kappa shape index (κ1) is 15.4. The number of carbonyl (C=O) groups is 1. The van der Waals surface area contributed by atoms with Crippen LogP contribution in [0.1, 0.15) is 30.5 Å². The van der Waals surface area contributed by atoms with E-state index in [4.69, 9.17) is 5.73 Å². The fraction of sp³-hybridized carbons (Fsp3) is 0.417. The van der Waals surface area contributed by atoms with Gasteiger partial charge in [-0.15, -0.1) is 0 Å². The second kappa shape index (κ2) is 6.01. The van der Waals surface area contributed by atoms with Crippen molar-refractivity contribution in [1.29, 1.82) is 0 Å². The van der Waals surface area contributed by atoms with Gasteiger partial charge in [0.05, 0.1) is 18.6 Å². The average Bonchev–Trinajstić information content (AvgIpc) is 2.27. The molecule has 0 saturated heterocycles. The lowest BCUT2D eigenvalue weighted by molar-refractivity contribution is -0.143. The van der Waals surface area contributed by atoms with Crippen LogP contribution in [0, 0.1) is 5.82 Å². The minimum atomic E-state index is -4.80. The molecule has 19 heavy (non-hydrogen) atoms. The van der Waals surface area contributed by atoms with Gasteiger partial charge in [-0.2, -0.15) is 13.2 Å². The molecular weight excluding hydrogens is 266 g/mol. The summed E-state index contributed by atoms with van der Waals surface area (Å²) in [5.41, 5.74) is 3.77. The molecule has 0 heterocycles. The lowest BCUT2D eigenvalue weighted by atomic mass is 10.0. The summed E-state index contributed by atoms with van der Waals surface area (Å²) in [6.45, 7) is 1.70. The summed E-state index contributed by atoms with van der Waals surface area (Å²) in [7, 11) is 0. The quantitative estimate of drug-likeness (QED) is 0.681. The third-order valence-electron chi connectivity index (χ3n) is 2.43. The number of carbonyl (C=O) groups excluding carboxylic acids is 1. The topological polar surface area (TPSA) is 52.3 Å². The van der Waals surface area contributed by atoms with Crippen LogP contribution in [0.2, 0.25) is 0 Å². The molecule has 0 spiro atoms. The number of nitrogens with two attached hydrogens (primary N) is 1. The van der Waals surface area contributed by atoms with Gasteiger partial charge in [0.15, 0.2) is 0 Å². The van der Waals surface area contributed by atoms with Crippen molar-refractivity contribution in [2.24, 2.45) is 5.73 Å². The van der Waals surface area contributed by atoms with Gasteiger partial charge in [0.25, 0.3) is 0 Å². The first-order chi connectivity index (χ1) is 8.77. The Balaban J connectivity index is 2.98. The molecule has 0 unspecified atom stereocenters.